The number of hydrogen-bond acceptors (Lipinski definition) is 7. The van der Waals surface area contributed by atoms with Crippen molar-refractivity contribution in [2.75, 3.05) is 27.3 Å². The maximum absolute atomic E-state index is 11.1. The zero-order valence-corrected chi connectivity index (χ0v) is 10.6. The van der Waals surface area contributed by atoms with Crippen molar-refractivity contribution in [1.29, 1.82) is 10.5 Å². The summed E-state index contributed by atoms with van der Waals surface area (Å²) in [5, 5.41) is 17.0. The van der Waals surface area contributed by atoms with Crippen LogP contribution in [0.4, 0.5) is 0 Å². The topological polar surface area (TPSA) is 103 Å². The van der Waals surface area contributed by atoms with E-state index in [0.717, 1.165) is 0 Å². The molecule has 7 heteroatoms. The SMILES string of the molecule is COC(=O)CN(/C=C/C=C(C#N)C#N)CC(=O)OC. The highest BCUT2D eigenvalue weighted by molar-refractivity contribution is 5.75. The lowest BCUT2D eigenvalue weighted by Crippen LogP contribution is -2.31. The quantitative estimate of drug-likeness (QED) is 0.381. The number of esters is 2. The molecule has 0 unspecified atom stereocenters. The van der Waals surface area contributed by atoms with Gasteiger partial charge >= 0.3 is 11.9 Å². The van der Waals surface area contributed by atoms with Gasteiger partial charge in [0.2, 0.25) is 0 Å². The fraction of sp³-hybridized carbons (Fsp3) is 0.333. The van der Waals surface area contributed by atoms with Crippen molar-refractivity contribution in [2.24, 2.45) is 0 Å². The van der Waals surface area contributed by atoms with E-state index >= 15 is 0 Å². The van der Waals surface area contributed by atoms with Crippen LogP contribution >= 0.6 is 0 Å². The first-order chi connectivity index (χ1) is 9.07. The Morgan fingerprint density at radius 2 is 1.58 bits per heavy atom. The average molecular weight is 263 g/mol. The summed E-state index contributed by atoms with van der Waals surface area (Å²) in [6, 6.07) is 3.35. The van der Waals surface area contributed by atoms with Gasteiger partial charge in [0.05, 0.1) is 14.2 Å². The number of ether oxygens (including phenoxy) is 2. The number of allylic oxidation sites excluding steroid dienone is 3. The molecule has 0 saturated carbocycles. The van der Waals surface area contributed by atoms with Crippen LogP contribution in [0.25, 0.3) is 0 Å². The Morgan fingerprint density at radius 3 is 1.95 bits per heavy atom. The van der Waals surface area contributed by atoms with Gasteiger partial charge in [-0.2, -0.15) is 10.5 Å². The van der Waals surface area contributed by atoms with Crippen molar-refractivity contribution < 1.29 is 19.1 Å². The van der Waals surface area contributed by atoms with E-state index in [0.29, 0.717) is 0 Å². The molecule has 0 atom stereocenters. The van der Waals surface area contributed by atoms with Gasteiger partial charge in [0, 0.05) is 6.20 Å². The van der Waals surface area contributed by atoms with Gasteiger partial charge in [0.25, 0.3) is 0 Å². The molecule has 0 amide bonds. The van der Waals surface area contributed by atoms with Crippen LogP contribution in [-0.2, 0) is 19.1 Å². The molecule has 0 radical (unpaired) electrons. The number of nitriles is 2. The van der Waals surface area contributed by atoms with Crippen molar-refractivity contribution in [2.45, 2.75) is 0 Å². The molecule has 7 nitrogen and oxygen atoms in total. The normalized spacial score (nSPS) is 9.05. The summed E-state index contributed by atoms with van der Waals surface area (Å²) in [6.07, 6.45) is 4.04. The van der Waals surface area contributed by atoms with Crippen molar-refractivity contribution in [3.05, 3.63) is 23.9 Å². The number of carbonyl (C=O) groups is 2. The molecule has 0 aliphatic rings. The van der Waals surface area contributed by atoms with E-state index in [2.05, 4.69) is 9.47 Å². The van der Waals surface area contributed by atoms with Crippen molar-refractivity contribution in [3.63, 3.8) is 0 Å². The average Bonchev–Trinajstić information content (AvgIpc) is 2.42. The highest BCUT2D eigenvalue weighted by atomic mass is 16.5. The van der Waals surface area contributed by atoms with Gasteiger partial charge < -0.3 is 14.4 Å². The Kier molecular flexibility index (Phi) is 7.89. The number of carbonyl (C=O) groups excluding carboxylic acids is 2. The molecule has 0 N–H and O–H groups in total. The Hall–Kier alpha value is -2.80. The predicted octanol–water partition coefficient (Wildman–Crippen LogP) is 0.122. The predicted molar refractivity (Wildman–Crippen MR) is 64.1 cm³/mol. The minimum absolute atomic E-state index is 0.0904. The van der Waals surface area contributed by atoms with Gasteiger partial charge in [0.1, 0.15) is 30.8 Å². The zero-order chi connectivity index (χ0) is 14.7. The minimum atomic E-state index is -0.529. The maximum atomic E-state index is 11.1. The monoisotopic (exact) mass is 263 g/mol. The molecular weight excluding hydrogens is 250 g/mol. The first-order valence-electron chi connectivity index (χ1n) is 5.13. The smallest absolute Gasteiger partial charge is 0.325 e. The van der Waals surface area contributed by atoms with Gasteiger partial charge in [-0.15, -0.1) is 0 Å². The minimum Gasteiger partial charge on any atom is -0.468 e. The molecule has 0 bridgehead atoms. The van der Waals surface area contributed by atoms with E-state index in [1.165, 1.54) is 37.5 Å². The summed E-state index contributed by atoms with van der Waals surface area (Å²) >= 11 is 0. The lowest BCUT2D eigenvalue weighted by molar-refractivity contribution is -0.144. The van der Waals surface area contributed by atoms with Gasteiger partial charge in [-0.05, 0) is 12.2 Å². The van der Waals surface area contributed by atoms with E-state index in [1.54, 1.807) is 12.1 Å². The maximum Gasteiger partial charge on any atom is 0.325 e. The van der Waals surface area contributed by atoms with Crippen molar-refractivity contribution in [3.8, 4) is 12.1 Å². The van der Waals surface area contributed by atoms with Gasteiger partial charge in [-0.25, -0.2) is 0 Å². The second-order valence-electron chi connectivity index (χ2n) is 3.20. The van der Waals surface area contributed by atoms with Gasteiger partial charge in [0.15, 0.2) is 0 Å². The van der Waals surface area contributed by atoms with Crippen LogP contribution in [0.1, 0.15) is 0 Å². The summed E-state index contributed by atoms with van der Waals surface area (Å²) in [5.74, 6) is -1.06. The second-order valence-corrected chi connectivity index (χ2v) is 3.20. The van der Waals surface area contributed by atoms with Gasteiger partial charge in [-0.3, -0.25) is 9.59 Å². The van der Waals surface area contributed by atoms with Crippen LogP contribution in [0, 0.1) is 22.7 Å². The largest absolute Gasteiger partial charge is 0.468 e. The molecule has 0 saturated heterocycles. The van der Waals surface area contributed by atoms with E-state index in [-0.39, 0.29) is 18.7 Å². The fourth-order valence-corrected chi connectivity index (χ4v) is 0.983. The molecule has 0 aromatic rings. The van der Waals surface area contributed by atoms with Crippen LogP contribution in [-0.4, -0.2) is 44.1 Å². The number of methoxy groups -OCH3 is 2. The molecule has 100 valence electrons. The third kappa shape index (κ3) is 7.18. The van der Waals surface area contributed by atoms with Gasteiger partial charge in [-0.1, -0.05) is 0 Å². The third-order valence-corrected chi connectivity index (χ3v) is 1.92. The molecule has 0 fully saturated rings. The molecule has 0 aliphatic heterocycles. The summed E-state index contributed by atoms with van der Waals surface area (Å²) < 4.78 is 8.96. The summed E-state index contributed by atoms with van der Waals surface area (Å²) in [6.45, 7) is -0.297. The van der Waals surface area contributed by atoms with Crippen LogP contribution in [0.15, 0.2) is 23.9 Å². The lowest BCUT2D eigenvalue weighted by Gasteiger charge is -2.16. The second kappa shape index (κ2) is 9.25. The lowest BCUT2D eigenvalue weighted by atomic mass is 10.3. The van der Waals surface area contributed by atoms with Crippen molar-refractivity contribution in [1.82, 2.24) is 4.90 Å². The number of hydrogen-bond donors (Lipinski definition) is 0. The van der Waals surface area contributed by atoms with E-state index in [9.17, 15) is 9.59 Å². The van der Waals surface area contributed by atoms with Crippen LogP contribution in [0.2, 0.25) is 0 Å². The third-order valence-electron chi connectivity index (χ3n) is 1.92. The molecular formula is C12H13N3O4. The summed E-state index contributed by atoms with van der Waals surface area (Å²) in [4.78, 5) is 23.6. The van der Waals surface area contributed by atoms with Crippen LogP contribution in [0.5, 0.6) is 0 Å². The highest BCUT2D eigenvalue weighted by Gasteiger charge is 2.11. The molecule has 0 rings (SSSR count). The first-order valence-corrected chi connectivity index (χ1v) is 5.13. The Labute approximate surface area is 110 Å². The standard InChI is InChI=1S/C12H13N3O4/c1-18-11(16)8-15(9-12(17)19-2)5-3-4-10(6-13)7-14/h3-5H,8-9H2,1-2H3/b5-3+. The molecule has 0 heterocycles. The summed E-state index contributed by atoms with van der Waals surface area (Å²) in [5.41, 5.74) is -0.0904. The highest BCUT2D eigenvalue weighted by Crippen LogP contribution is 1.96. The number of rotatable bonds is 6. The van der Waals surface area contributed by atoms with E-state index < -0.39 is 11.9 Å². The fourth-order valence-electron chi connectivity index (χ4n) is 0.983. The Morgan fingerprint density at radius 1 is 1.11 bits per heavy atom. The molecule has 0 spiro atoms. The first kappa shape index (κ1) is 16.2. The summed E-state index contributed by atoms with van der Waals surface area (Å²) in [7, 11) is 2.46. The van der Waals surface area contributed by atoms with Crippen LogP contribution in [0.3, 0.4) is 0 Å². The molecule has 19 heavy (non-hydrogen) atoms. The van der Waals surface area contributed by atoms with Crippen LogP contribution < -0.4 is 0 Å². The van der Waals surface area contributed by atoms with E-state index in [1.807, 2.05) is 0 Å². The Bertz CT molecular complexity index is 434. The molecule has 0 aliphatic carbocycles. The molecule has 0 aromatic carbocycles. The van der Waals surface area contributed by atoms with E-state index in [4.69, 9.17) is 10.5 Å². The van der Waals surface area contributed by atoms with Crippen molar-refractivity contribution >= 4 is 11.9 Å². The Balaban J connectivity index is 4.76. The molecule has 0 aromatic heterocycles. The zero-order valence-electron chi connectivity index (χ0n) is 10.6. The number of nitrogens with zero attached hydrogens (tertiary/aromatic N) is 3.